The minimum absolute atomic E-state index is 0.563. The van der Waals surface area contributed by atoms with Crippen molar-refractivity contribution in [2.45, 2.75) is 44.4 Å². The monoisotopic (exact) mass is 173 g/mol. The Morgan fingerprint density at radius 1 is 1.46 bits per heavy atom. The highest BCUT2D eigenvalue weighted by Gasteiger charge is 2.42. The van der Waals surface area contributed by atoms with Gasteiger partial charge < -0.3 is 0 Å². The lowest BCUT2D eigenvalue weighted by Gasteiger charge is -2.14. The predicted molar refractivity (Wildman–Crippen MR) is 55.7 cm³/mol. The molecule has 0 unspecified atom stereocenters. The second kappa shape index (κ2) is 3.53. The first-order chi connectivity index (χ1) is 6.37. The van der Waals surface area contributed by atoms with Gasteiger partial charge in [-0.3, -0.25) is 0 Å². The number of rotatable bonds is 4. The maximum Gasteiger partial charge on any atom is -0.00461 e. The van der Waals surface area contributed by atoms with Crippen molar-refractivity contribution < 1.29 is 0 Å². The van der Waals surface area contributed by atoms with Gasteiger partial charge in [0.25, 0.3) is 0 Å². The van der Waals surface area contributed by atoms with Crippen LogP contribution in [0.1, 0.15) is 44.6 Å². The van der Waals surface area contributed by atoms with Crippen molar-refractivity contribution in [2.24, 2.45) is 0 Å². The average molecular weight is 173 g/mol. The minimum Gasteiger partial charge on any atom is -0.0654 e. The van der Waals surface area contributed by atoms with E-state index >= 15 is 0 Å². The Kier molecular flexibility index (Phi) is 2.39. The third kappa shape index (κ3) is 1.77. The molecule has 1 aliphatic rings. The van der Waals surface area contributed by atoms with E-state index < -0.39 is 0 Å². The quantitative estimate of drug-likeness (QED) is 0.651. The van der Waals surface area contributed by atoms with E-state index in [0.717, 1.165) is 0 Å². The van der Waals surface area contributed by atoms with Crippen LogP contribution < -0.4 is 0 Å². The fourth-order valence-electron chi connectivity index (χ4n) is 2.07. The van der Waals surface area contributed by atoms with E-state index in [1.165, 1.54) is 37.7 Å². The van der Waals surface area contributed by atoms with Crippen molar-refractivity contribution in [1.29, 1.82) is 0 Å². The third-order valence-corrected chi connectivity index (χ3v) is 3.18. The van der Waals surface area contributed by atoms with E-state index in [2.05, 4.69) is 31.2 Å². The summed E-state index contributed by atoms with van der Waals surface area (Å²) in [4.78, 5) is 0. The maximum atomic E-state index is 3.18. The highest BCUT2D eigenvalue weighted by molar-refractivity contribution is 5.30. The normalized spacial score (nSPS) is 18.5. The molecule has 1 fully saturated rings. The van der Waals surface area contributed by atoms with Gasteiger partial charge in [-0.2, -0.15) is 0 Å². The fourth-order valence-corrected chi connectivity index (χ4v) is 2.07. The second-order valence-corrected chi connectivity index (χ2v) is 4.18. The van der Waals surface area contributed by atoms with Crippen molar-refractivity contribution >= 4 is 0 Å². The lowest BCUT2D eigenvalue weighted by atomic mass is 9.91. The van der Waals surface area contributed by atoms with Crippen LogP contribution >= 0.6 is 0 Å². The molecule has 2 rings (SSSR count). The van der Waals surface area contributed by atoms with E-state index in [9.17, 15) is 0 Å². The molecule has 0 amide bonds. The Morgan fingerprint density at radius 2 is 2.31 bits per heavy atom. The Hall–Kier alpha value is -0.780. The minimum atomic E-state index is 0.563. The lowest BCUT2D eigenvalue weighted by Crippen LogP contribution is -2.05. The summed E-state index contributed by atoms with van der Waals surface area (Å²) in [6.07, 6.45) is 6.85. The Balaban J connectivity index is 2.07. The maximum absolute atomic E-state index is 3.18. The highest BCUT2D eigenvalue weighted by atomic mass is 14.5. The van der Waals surface area contributed by atoms with Crippen molar-refractivity contribution in [3.63, 3.8) is 0 Å². The molecule has 13 heavy (non-hydrogen) atoms. The first-order valence-corrected chi connectivity index (χ1v) is 5.34. The standard InChI is InChI=1S/C13H17/c1-2-3-9-13(10-11-13)12-7-5-4-6-8-12/h4-5,7-8H,2-3,9-11H2,1H3. The van der Waals surface area contributed by atoms with Gasteiger partial charge in [-0.05, 0) is 36.3 Å². The summed E-state index contributed by atoms with van der Waals surface area (Å²) in [6, 6.07) is 11.7. The van der Waals surface area contributed by atoms with E-state index in [1.807, 2.05) is 6.07 Å². The number of benzene rings is 1. The van der Waals surface area contributed by atoms with Crippen molar-refractivity contribution in [3.05, 3.63) is 35.9 Å². The van der Waals surface area contributed by atoms with Crippen molar-refractivity contribution in [1.82, 2.24) is 0 Å². The summed E-state index contributed by atoms with van der Waals surface area (Å²) >= 11 is 0. The summed E-state index contributed by atoms with van der Waals surface area (Å²) < 4.78 is 0. The van der Waals surface area contributed by atoms with Crippen LogP contribution in [0.4, 0.5) is 0 Å². The van der Waals surface area contributed by atoms with E-state index in [0.29, 0.717) is 5.41 Å². The Labute approximate surface area is 81.0 Å². The first-order valence-electron chi connectivity index (χ1n) is 5.34. The van der Waals surface area contributed by atoms with Crippen molar-refractivity contribution in [2.75, 3.05) is 0 Å². The summed E-state index contributed by atoms with van der Waals surface area (Å²) in [6.45, 7) is 2.27. The van der Waals surface area contributed by atoms with Crippen LogP contribution in [-0.2, 0) is 5.41 Å². The molecule has 1 saturated carbocycles. The topological polar surface area (TPSA) is 0 Å². The molecule has 0 N–H and O–H groups in total. The number of hydrogen-bond donors (Lipinski definition) is 0. The molecule has 0 bridgehead atoms. The predicted octanol–water partition coefficient (Wildman–Crippen LogP) is 3.71. The molecule has 1 aromatic carbocycles. The SMILES string of the molecule is CCCCC1(c2c[c]ccc2)CC1. The fraction of sp³-hybridized carbons (Fsp3) is 0.538. The van der Waals surface area contributed by atoms with Gasteiger partial charge in [0.2, 0.25) is 0 Å². The van der Waals surface area contributed by atoms with Crippen LogP contribution in [0.3, 0.4) is 0 Å². The van der Waals surface area contributed by atoms with Gasteiger partial charge in [0.1, 0.15) is 0 Å². The molecule has 0 aromatic heterocycles. The summed E-state index contributed by atoms with van der Waals surface area (Å²) in [5.74, 6) is 0. The van der Waals surface area contributed by atoms with E-state index in [4.69, 9.17) is 0 Å². The van der Waals surface area contributed by atoms with Gasteiger partial charge in [-0.15, -0.1) is 0 Å². The smallest absolute Gasteiger partial charge is 0.00461 e. The molecule has 0 nitrogen and oxygen atoms in total. The molecule has 0 spiro atoms. The van der Waals surface area contributed by atoms with Crippen LogP contribution in [0.5, 0.6) is 0 Å². The van der Waals surface area contributed by atoms with Gasteiger partial charge in [0.15, 0.2) is 0 Å². The molecule has 69 valence electrons. The molecule has 0 aliphatic heterocycles. The van der Waals surface area contributed by atoms with E-state index in [1.54, 1.807) is 0 Å². The van der Waals surface area contributed by atoms with E-state index in [-0.39, 0.29) is 0 Å². The zero-order valence-corrected chi connectivity index (χ0v) is 8.34. The second-order valence-electron chi connectivity index (χ2n) is 4.18. The Bertz CT molecular complexity index is 257. The van der Waals surface area contributed by atoms with Crippen LogP contribution in [0.15, 0.2) is 24.3 Å². The molecule has 0 heteroatoms. The number of unbranched alkanes of at least 4 members (excludes halogenated alkanes) is 1. The average Bonchev–Trinajstić information content (AvgIpc) is 2.97. The molecule has 1 aliphatic carbocycles. The zero-order chi connectivity index (χ0) is 9.15. The Morgan fingerprint density at radius 3 is 2.85 bits per heavy atom. The molecule has 0 saturated heterocycles. The number of hydrogen-bond acceptors (Lipinski definition) is 0. The molecule has 0 atom stereocenters. The van der Waals surface area contributed by atoms with Gasteiger partial charge >= 0.3 is 0 Å². The lowest BCUT2D eigenvalue weighted by molar-refractivity contribution is 0.575. The van der Waals surface area contributed by atoms with Crippen molar-refractivity contribution in [3.8, 4) is 0 Å². The van der Waals surface area contributed by atoms with Gasteiger partial charge in [0.05, 0.1) is 0 Å². The van der Waals surface area contributed by atoms with Gasteiger partial charge in [-0.25, -0.2) is 0 Å². The van der Waals surface area contributed by atoms with Crippen LogP contribution in [-0.4, -0.2) is 0 Å². The molecular weight excluding hydrogens is 156 g/mol. The highest BCUT2D eigenvalue weighted by Crippen LogP contribution is 2.51. The third-order valence-electron chi connectivity index (χ3n) is 3.18. The molecule has 0 heterocycles. The molecule has 1 aromatic rings. The molecular formula is C13H17. The zero-order valence-electron chi connectivity index (χ0n) is 8.34. The largest absolute Gasteiger partial charge is 0.0654 e. The van der Waals surface area contributed by atoms with Crippen LogP contribution in [0, 0.1) is 6.07 Å². The summed E-state index contributed by atoms with van der Waals surface area (Å²) in [7, 11) is 0. The van der Waals surface area contributed by atoms with Crippen LogP contribution in [0.25, 0.3) is 0 Å². The molecule has 1 radical (unpaired) electrons. The summed E-state index contributed by atoms with van der Waals surface area (Å²) in [5, 5.41) is 0. The van der Waals surface area contributed by atoms with Gasteiger partial charge in [0, 0.05) is 0 Å². The van der Waals surface area contributed by atoms with Gasteiger partial charge in [-0.1, -0.05) is 44.0 Å². The van der Waals surface area contributed by atoms with Crippen LogP contribution in [0.2, 0.25) is 0 Å². The summed E-state index contributed by atoms with van der Waals surface area (Å²) in [5.41, 5.74) is 2.08. The first kappa shape index (κ1) is 8.80.